The zero-order valence-corrected chi connectivity index (χ0v) is 16.1. The Labute approximate surface area is 161 Å². The summed E-state index contributed by atoms with van der Waals surface area (Å²) < 4.78 is 0. The van der Waals surface area contributed by atoms with E-state index in [9.17, 15) is 20.1 Å². The van der Waals surface area contributed by atoms with Gasteiger partial charge in [-0.15, -0.1) is 0 Å². The number of rotatable bonds is 4. The third-order valence-electron chi connectivity index (χ3n) is 4.08. The molecule has 0 radical (unpaired) electrons. The highest BCUT2D eigenvalue weighted by atomic mass is 35.5. The molecule has 0 aromatic heterocycles. The van der Waals surface area contributed by atoms with E-state index in [0.717, 1.165) is 17.3 Å². The number of aryl methyl sites for hydroxylation is 1. The number of hydrogen-bond acceptors (Lipinski definition) is 5. The van der Waals surface area contributed by atoms with Gasteiger partial charge in [0.25, 0.3) is 0 Å². The maximum atomic E-state index is 12.2. The van der Waals surface area contributed by atoms with Crippen LogP contribution in [0.5, 0.6) is 0 Å². The third-order valence-corrected chi connectivity index (χ3v) is 5.39. The van der Waals surface area contributed by atoms with Gasteiger partial charge in [-0.25, -0.2) is 0 Å². The number of benzene rings is 1. The van der Waals surface area contributed by atoms with Gasteiger partial charge in [0.15, 0.2) is 0 Å². The highest BCUT2D eigenvalue weighted by Gasteiger charge is 2.44. The first-order valence-corrected chi connectivity index (χ1v) is 9.11. The molecule has 0 saturated carbocycles. The average molecular weight is 389 g/mol. The summed E-state index contributed by atoms with van der Waals surface area (Å²) in [6, 6.07) is 9.28. The van der Waals surface area contributed by atoms with Gasteiger partial charge in [0.1, 0.15) is 5.92 Å². The molecule has 6 nitrogen and oxygen atoms in total. The Kier molecular flexibility index (Phi) is 5.97. The van der Waals surface area contributed by atoms with E-state index in [2.05, 4.69) is 16.7 Å². The van der Waals surface area contributed by atoms with E-state index >= 15 is 0 Å². The Morgan fingerprint density at radius 3 is 2.69 bits per heavy atom. The van der Waals surface area contributed by atoms with E-state index in [1.807, 2.05) is 19.1 Å². The van der Waals surface area contributed by atoms with E-state index in [1.165, 1.54) is 0 Å². The van der Waals surface area contributed by atoms with E-state index in [-0.39, 0.29) is 17.2 Å². The summed E-state index contributed by atoms with van der Waals surface area (Å²) in [6.07, 6.45) is 0. The van der Waals surface area contributed by atoms with Crippen LogP contribution in [0.4, 0.5) is 5.69 Å². The summed E-state index contributed by atoms with van der Waals surface area (Å²) in [5.41, 5.74) is 0.834. The molecule has 0 unspecified atom stereocenters. The molecule has 0 fully saturated rings. The standard InChI is InChI=1S/C18H17ClN4O2S/c1-10-4-5-14(13(19)6-10)22-15(24)9-26-17-12(8-21)18(2,3)11(7-20)16(25)23-17/h4-6,11H,9H2,1-3H3,(H,22,24)(H,23,25)/t11-/m1/s1. The Hall–Kier alpha value is -2.48. The second-order valence-corrected chi connectivity index (χ2v) is 7.80. The smallest absolute Gasteiger partial charge is 0.243 e. The Bertz CT molecular complexity index is 880. The summed E-state index contributed by atoms with van der Waals surface area (Å²) in [5.74, 6) is -1.76. The molecular formula is C18H17ClN4O2S. The third kappa shape index (κ3) is 4.01. The van der Waals surface area contributed by atoms with Crippen LogP contribution >= 0.6 is 23.4 Å². The molecule has 2 rings (SSSR count). The molecule has 2 N–H and O–H groups in total. The lowest BCUT2D eigenvalue weighted by Crippen LogP contribution is -2.44. The minimum absolute atomic E-state index is 0.0156. The van der Waals surface area contributed by atoms with Gasteiger partial charge in [0.05, 0.1) is 39.2 Å². The van der Waals surface area contributed by atoms with Gasteiger partial charge in [-0.1, -0.05) is 43.3 Å². The number of nitrogens with one attached hydrogen (secondary N) is 2. The fourth-order valence-corrected chi connectivity index (χ4v) is 3.84. The number of nitriles is 2. The molecule has 8 heteroatoms. The maximum Gasteiger partial charge on any atom is 0.243 e. The van der Waals surface area contributed by atoms with Gasteiger partial charge >= 0.3 is 0 Å². The second-order valence-electron chi connectivity index (χ2n) is 6.41. The number of thioether (sulfide) groups is 1. The van der Waals surface area contributed by atoms with Crippen LogP contribution in [0.3, 0.4) is 0 Å². The molecule has 2 amide bonds. The summed E-state index contributed by atoms with van der Waals surface area (Å²) in [5, 5.41) is 24.7. The molecule has 1 aromatic rings. The van der Waals surface area contributed by atoms with Gasteiger partial charge in [0, 0.05) is 5.41 Å². The molecular weight excluding hydrogens is 372 g/mol. The van der Waals surface area contributed by atoms with Gasteiger partial charge in [0.2, 0.25) is 11.8 Å². The van der Waals surface area contributed by atoms with Crippen LogP contribution < -0.4 is 10.6 Å². The quantitative estimate of drug-likeness (QED) is 0.822. The first-order chi connectivity index (χ1) is 12.2. The van der Waals surface area contributed by atoms with Gasteiger partial charge < -0.3 is 10.6 Å². The van der Waals surface area contributed by atoms with Crippen molar-refractivity contribution in [3.63, 3.8) is 0 Å². The number of nitrogens with zero attached hydrogens (tertiary/aromatic N) is 2. The number of carbonyl (C=O) groups is 2. The van der Waals surface area contributed by atoms with Crippen molar-refractivity contribution in [3.05, 3.63) is 39.4 Å². The minimum atomic E-state index is -0.957. The monoisotopic (exact) mass is 388 g/mol. The highest BCUT2D eigenvalue weighted by Crippen LogP contribution is 2.41. The SMILES string of the molecule is Cc1ccc(NC(=O)CSC2=C(C#N)C(C)(C)[C@H](C#N)C(=O)N2)c(Cl)c1. The number of anilines is 1. The van der Waals surface area contributed by atoms with Crippen molar-refractivity contribution in [2.45, 2.75) is 20.8 Å². The number of allylic oxidation sites excluding steroid dienone is 1. The first-order valence-electron chi connectivity index (χ1n) is 7.74. The predicted molar refractivity (Wildman–Crippen MR) is 101 cm³/mol. The van der Waals surface area contributed by atoms with Crippen molar-refractivity contribution in [3.8, 4) is 12.1 Å². The molecule has 0 saturated heterocycles. The molecule has 1 aromatic carbocycles. The van der Waals surface area contributed by atoms with Crippen LogP contribution in [0, 0.1) is 40.9 Å². The van der Waals surface area contributed by atoms with Crippen LogP contribution in [0.1, 0.15) is 19.4 Å². The molecule has 0 aliphatic carbocycles. The normalized spacial score (nSPS) is 18.5. The van der Waals surface area contributed by atoms with E-state index in [1.54, 1.807) is 26.0 Å². The van der Waals surface area contributed by atoms with E-state index in [0.29, 0.717) is 15.7 Å². The van der Waals surface area contributed by atoms with Gasteiger partial charge in [-0.3, -0.25) is 9.59 Å². The Balaban J connectivity index is 2.13. The minimum Gasteiger partial charge on any atom is -0.324 e. The van der Waals surface area contributed by atoms with Crippen molar-refractivity contribution in [2.75, 3.05) is 11.1 Å². The first kappa shape index (κ1) is 19.8. The molecule has 26 heavy (non-hydrogen) atoms. The van der Waals surface area contributed by atoms with Crippen molar-refractivity contribution in [2.24, 2.45) is 11.3 Å². The maximum absolute atomic E-state index is 12.2. The van der Waals surface area contributed by atoms with Crippen LogP contribution in [0.15, 0.2) is 28.8 Å². The summed E-state index contributed by atoms with van der Waals surface area (Å²) in [6.45, 7) is 5.24. The predicted octanol–water partition coefficient (Wildman–Crippen LogP) is 3.35. The average Bonchev–Trinajstić information content (AvgIpc) is 2.55. The van der Waals surface area contributed by atoms with E-state index < -0.39 is 17.2 Å². The molecule has 1 atom stereocenters. The van der Waals surface area contributed by atoms with Crippen LogP contribution in [0.25, 0.3) is 0 Å². The van der Waals surface area contributed by atoms with E-state index in [4.69, 9.17) is 11.6 Å². The van der Waals surface area contributed by atoms with Crippen LogP contribution in [0.2, 0.25) is 5.02 Å². The lowest BCUT2D eigenvalue weighted by molar-refractivity contribution is -0.125. The molecule has 0 spiro atoms. The van der Waals surface area contributed by atoms with Crippen molar-refractivity contribution >= 4 is 40.9 Å². The number of amides is 2. The van der Waals surface area contributed by atoms with Gasteiger partial charge in [-0.2, -0.15) is 10.5 Å². The van der Waals surface area contributed by atoms with Crippen molar-refractivity contribution < 1.29 is 9.59 Å². The zero-order valence-electron chi connectivity index (χ0n) is 14.5. The zero-order chi connectivity index (χ0) is 19.5. The summed E-state index contributed by atoms with van der Waals surface area (Å²) >= 11 is 7.14. The second kappa shape index (κ2) is 7.82. The number of halogens is 1. The highest BCUT2D eigenvalue weighted by molar-refractivity contribution is 8.03. The fraction of sp³-hybridized carbons (Fsp3) is 0.333. The van der Waals surface area contributed by atoms with Crippen LogP contribution in [-0.4, -0.2) is 17.6 Å². The molecule has 1 heterocycles. The van der Waals surface area contributed by atoms with Crippen LogP contribution in [-0.2, 0) is 9.59 Å². The Morgan fingerprint density at radius 2 is 2.12 bits per heavy atom. The largest absolute Gasteiger partial charge is 0.324 e. The fourth-order valence-electron chi connectivity index (χ4n) is 2.58. The summed E-state index contributed by atoms with van der Waals surface area (Å²) in [4.78, 5) is 24.3. The Morgan fingerprint density at radius 1 is 1.42 bits per heavy atom. The molecule has 1 aliphatic heterocycles. The lowest BCUT2D eigenvalue weighted by Gasteiger charge is -2.34. The number of hydrogen-bond donors (Lipinski definition) is 2. The van der Waals surface area contributed by atoms with Gasteiger partial charge in [-0.05, 0) is 24.6 Å². The van der Waals surface area contributed by atoms with Crippen molar-refractivity contribution in [1.82, 2.24) is 5.32 Å². The molecule has 0 bridgehead atoms. The molecule has 134 valence electrons. The lowest BCUT2D eigenvalue weighted by atomic mass is 9.72. The number of carbonyl (C=O) groups excluding carboxylic acids is 2. The molecule has 1 aliphatic rings. The topological polar surface area (TPSA) is 106 Å². The van der Waals surface area contributed by atoms with Crippen molar-refractivity contribution in [1.29, 1.82) is 10.5 Å². The summed E-state index contributed by atoms with van der Waals surface area (Å²) in [7, 11) is 0.